The van der Waals surface area contributed by atoms with Crippen LogP contribution in [-0.4, -0.2) is 43.2 Å². The Morgan fingerprint density at radius 3 is 2.46 bits per heavy atom. The van der Waals surface area contributed by atoms with Gasteiger partial charge in [0.05, 0.1) is 31.2 Å². The van der Waals surface area contributed by atoms with Crippen LogP contribution in [0.15, 0.2) is 77.5 Å². The summed E-state index contributed by atoms with van der Waals surface area (Å²) in [6, 6.07) is 17.5. The summed E-state index contributed by atoms with van der Waals surface area (Å²) in [6.07, 6.45) is 2.47. The molecule has 0 saturated carbocycles. The molecule has 0 spiro atoms. The highest BCUT2D eigenvalue weighted by atomic mass is 19.1. The minimum Gasteiger partial charge on any atom is -0.493 e. The summed E-state index contributed by atoms with van der Waals surface area (Å²) in [6.45, 7) is 3.31. The molecule has 200 valence electrons. The first-order chi connectivity index (χ1) is 18.9. The zero-order chi connectivity index (χ0) is 27.5. The van der Waals surface area contributed by atoms with Gasteiger partial charge in [-0.25, -0.2) is 4.39 Å². The maximum absolute atomic E-state index is 13.7. The third kappa shape index (κ3) is 5.47. The molecule has 3 aromatic rings. The molecule has 2 aliphatic rings. The standard InChI is InChI=1S/C30H29FN4O4/c1-19-14-23(9-10-25(19)31)35-30(37)24-18-34(13-12-26(24)33-35)17-20-4-7-22(8-5-20)29(36)32-16-21-6-11-27(38-2)28(15-21)39-3/h4-11,14-15,18H,12-13,16-17H2,1-3H3,(H,32,36). The van der Waals surface area contributed by atoms with Gasteiger partial charge in [0.15, 0.2) is 11.5 Å². The van der Waals surface area contributed by atoms with E-state index in [1.54, 1.807) is 51.5 Å². The third-order valence-electron chi connectivity index (χ3n) is 6.79. The van der Waals surface area contributed by atoms with Crippen LogP contribution >= 0.6 is 0 Å². The molecule has 9 heteroatoms. The van der Waals surface area contributed by atoms with E-state index in [4.69, 9.17) is 9.47 Å². The number of nitrogens with one attached hydrogen (secondary N) is 1. The van der Waals surface area contributed by atoms with Gasteiger partial charge >= 0.3 is 0 Å². The SMILES string of the molecule is COc1ccc(CNC(=O)c2ccc(CN3C=C4C(=O)N(c5ccc(F)c(C)c5)N=C4CC3)cc2)cc1OC. The van der Waals surface area contributed by atoms with Crippen molar-refractivity contribution in [2.45, 2.75) is 26.4 Å². The first-order valence-electron chi connectivity index (χ1n) is 12.6. The third-order valence-corrected chi connectivity index (χ3v) is 6.79. The van der Waals surface area contributed by atoms with Gasteiger partial charge in [0.1, 0.15) is 5.82 Å². The highest BCUT2D eigenvalue weighted by molar-refractivity contribution is 6.30. The summed E-state index contributed by atoms with van der Waals surface area (Å²) in [5, 5.41) is 8.76. The average Bonchev–Trinajstić information content (AvgIpc) is 3.29. The van der Waals surface area contributed by atoms with Gasteiger partial charge in [-0.1, -0.05) is 18.2 Å². The fourth-order valence-electron chi connectivity index (χ4n) is 4.60. The fraction of sp³-hybridized carbons (Fsp3) is 0.233. The van der Waals surface area contributed by atoms with Gasteiger partial charge in [-0.2, -0.15) is 10.1 Å². The van der Waals surface area contributed by atoms with Gasteiger partial charge in [0, 0.05) is 37.8 Å². The van der Waals surface area contributed by atoms with Crippen molar-refractivity contribution in [2.75, 3.05) is 25.8 Å². The summed E-state index contributed by atoms with van der Waals surface area (Å²) < 4.78 is 24.2. The van der Waals surface area contributed by atoms with Crippen LogP contribution < -0.4 is 19.8 Å². The van der Waals surface area contributed by atoms with Gasteiger partial charge in [0.2, 0.25) is 0 Å². The predicted molar refractivity (Wildman–Crippen MR) is 146 cm³/mol. The summed E-state index contributed by atoms with van der Waals surface area (Å²) in [5.74, 6) is 0.528. The van der Waals surface area contributed by atoms with E-state index in [2.05, 4.69) is 15.3 Å². The number of anilines is 1. The molecular formula is C30H29FN4O4. The number of amides is 2. The molecule has 5 rings (SSSR count). The van der Waals surface area contributed by atoms with Crippen molar-refractivity contribution in [1.29, 1.82) is 0 Å². The summed E-state index contributed by atoms with van der Waals surface area (Å²) >= 11 is 0. The Labute approximate surface area is 226 Å². The van der Waals surface area contributed by atoms with Gasteiger partial charge in [-0.3, -0.25) is 9.59 Å². The van der Waals surface area contributed by atoms with Crippen molar-refractivity contribution in [1.82, 2.24) is 10.2 Å². The van der Waals surface area contributed by atoms with E-state index in [1.165, 1.54) is 11.1 Å². The van der Waals surface area contributed by atoms with E-state index < -0.39 is 0 Å². The number of carbonyl (C=O) groups is 2. The van der Waals surface area contributed by atoms with Crippen LogP contribution in [0.5, 0.6) is 11.5 Å². The number of hydrazone groups is 1. The highest BCUT2D eigenvalue weighted by Crippen LogP contribution is 2.29. The second kappa shape index (κ2) is 11.0. The van der Waals surface area contributed by atoms with Crippen molar-refractivity contribution in [3.8, 4) is 11.5 Å². The molecule has 2 aliphatic heterocycles. The van der Waals surface area contributed by atoms with Crippen molar-refractivity contribution >= 4 is 23.2 Å². The van der Waals surface area contributed by atoms with Crippen molar-refractivity contribution < 1.29 is 23.5 Å². The molecule has 0 saturated heterocycles. The minimum absolute atomic E-state index is 0.176. The maximum Gasteiger partial charge on any atom is 0.282 e. The van der Waals surface area contributed by atoms with Crippen LogP contribution in [0.4, 0.5) is 10.1 Å². The zero-order valence-electron chi connectivity index (χ0n) is 22.0. The van der Waals surface area contributed by atoms with Crippen molar-refractivity contribution in [3.05, 3.63) is 101 Å². The van der Waals surface area contributed by atoms with E-state index in [0.29, 0.717) is 59.9 Å². The van der Waals surface area contributed by atoms with Crippen LogP contribution in [0.25, 0.3) is 0 Å². The average molecular weight is 529 g/mol. The molecule has 0 fully saturated rings. The predicted octanol–water partition coefficient (Wildman–Crippen LogP) is 4.57. The zero-order valence-corrected chi connectivity index (χ0v) is 22.0. The minimum atomic E-state index is -0.317. The fourth-order valence-corrected chi connectivity index (χ4v) is 4.60. The molecule has 0 aromatic heterocycles. The molecule has 39 heavy (non-hydrogen) atoms. The molecule has 0 unspecified atom stereocenters. The number of hydrogen-bond donors (Lipinski definition) is 1. The Hall–Kier alpha value is -4.66. The second-order valence-electron chi connectivity index (χ2n) is 9.43. The highest BCUT2D eigenvalue weighted by Gasteiger charge is 2.34. The quantitative estimate of drug-likeness (QED) is 0.463. The monoisotopic (exact) mass is 528 g/mol. The molecule has 2 amide bonds. The summed E-state index contributed by atoms with van der Waals surface area (Å²) in [5.41, 5.74) is 4.77. The van der Waals surface area contributed by atoms with Gasteiger partial charge in [0.25, 0.3) is 11.8 Å². The molecule has 0 bridgehead atoms. The number of methoxy groups -OCH3 is 2. The molecule has 2 heterocycles. The number of hydrogen-bond acceptors (Lipinski definition) is 6. The molecule has 3 aromatic carbocycles. The van der Waals surface area contributed by atoms with Gasteiger partial charge in [-0.05, 0) is 66.1 Å². The molecule has 0 atom stereocenters. The van der Waals surface area contributed by atoms with Gasteiger partial charge < -0.3 is 19.7 Å². The van der Waals surface area contributed by atoms with Crippen LogP contribution in [-0.2, 0) is 17.9 Å². The van der Waals surface area contributed by atoms with Gasteiger partial charge in [-0.15, -0.1) is 0 Å². The molecular weight excluding hydrogens is 499 g/mol. The number of carbonyl (C=O) groups excluding carboxylic acids is 2. The number of fused-ring (bicyclic) bond motifs is 1. The topological polar surface area (TPSA) is 83.5 Å². The number of rotatable bonds is 8. The van der Waals surface area contributed by atoms with E-state index in [1.807, 2.05) is 30.5 Å². The maximum atomic E-state index is 13.7. The first kappa shape index (κ1) is 26.0. The van der Waals surface area contributed by atoms with Crippen molar-refractivity contribution in [3.63, 3.8) is 0 Å². The number of halogens is 1. The van der Waals surface area contributed by atoms with E-state index in [0.717, 1.165) is 16.8 Å². The lowest BCUT2D eigenvalue weighted by Gasteiger charge is -2.25. The number of benzene rings is 3. The van der Waals surface area contributed by atoms with Crippen LogP contribution in [0.2, 0.25) is 0 Å². The van der Waals surface area contributed by atoms with E-state index >= 15 is 0 Å². The molecule has 0 radical (unpaired) electrons. The molecule has 1 N–H and O–H groups in total. The lowest BCUT2D eigenvalue weighted by Crippen LogP contribution is -2.29. The lowest BCUT2D eigenvalue weighted by molar-refractivity contribution is -0.114. The van der Waals surface area contributed by atoms with Crippen LogP contribution in [0.1, 0.15) is 33.5 Å². The summed E-state index contributed by atoms with van der Waals surface area (Å²) in [7, 11) is 3.15. The Bertz CT molecular complexity index is 1480. The first-order valence-corrected chi connectivity index (χ1v) is 12.6. The Kier molecular flexibility index (Phi) is 7.31. The number of aryl methyl sites for hydroxylation is 1. The summed E-state index contributed by atoms with van der Waals surface area (Å²) in [4.78, 5) is 27.8. The largest absolute Gasteiger partial charge is 0.493 e. The molecule has 8 nitrogen and oxygen atoms in total. The van der Waals surface area contributed by atoms with Crippen molar-refractivity contribution in [2.24, 2.45) is 5.10 Å². The number of ether oxygens (including phenoxy) is 2. The molecule has 0 aliphatic carbocycles. The number of nitrogens with zero attached hydrogens (tertiary/aromatic N) is 3. The normalized spacial score (nSPS) is 14.5. The second-order valence-corrected chi connectivity index (χ2v) is 9.43. The Morgan fingerprint density at radius 1 is 1.00 bits per heavy atom. The van der Waals surface area contributed by atoms with Crippen LogP contribution in [0, 0.1) is 12.7 Å². The van der Waals surface area contributed by atoms with E-state index in [9.17, 15) is 14.0 Å². The lowest BCUT2D eigenvalue weighted by atomic mass is 10.0. The Balaban J connectivity index is 1.20. The Morgan fingerprint density at radius 2 is 1.74 bits per heavy atom. The smallest absolute Gasteiger partial charge is 0.282 e. The van der Waals surface area contributed by atoms with Crippen LogP contribution in [0.3, 0.4) is 0 Å². The van der Waals surface area contributed by atoms with E-state index in [-0.39, 0.29) is 17.6 Å².